The number of hydrogen-bond donors (Lipinski definition) is 2. The highest BCUT2D eigenvalue weighted by molar-refractivity contribution is 5.71. The first-order chi connectivity index (χ1) is 18.9. The molecule has 2 fully saturated rings. The predicted molar refractivity (Wildman–Crippen MR) is 139 cm³/mol. The number of alkyl halides is 3. The summed E-state index contributed by atoms with van der Waals surface area (Å²) in [5.41, 5.74) is 1.54. The summed E-state index contributed by atoms with van der Waals surface area (Å²) in [6, 6.07) is 14.6. The third-order valence-electron chi connectivity index (χ3n) is 6.72. The van der Waals surface area contributed by atoms with Crippen molar-refractivity contribution >= 4 is 17.5 Å². The number of nitrogens with zero attached hydrogens (tertiary/aromatic N) is 3. The molecule has 2 aliphatic rings. The molecule has 0 saturated carbocycles. The molecule has 1 aromatic heterocycles. The number of benzene rings is 2. The van der Waals surface area contributed by atoms with Crippen LogP contribution in [0.25, 0.3) is 0 Å². The van der Waals surface area contributed by atoms with Crippen molar-refractivity contribution in [2.24, 2.45) is 0 Å². The van der Waals surface area contributed by atoms with Gasteiger partial charge < -0.3 is 24.4 Å². The molecule has 2 aliphatic heterocycles. The lowest BCUT2D eigenvalue weighted by Gasteiger charge is -2.37. The van der Waals surface area contributed by atoms with Crippen molar-refractivity contribution in [3.8, 4) is 11.5 Å². The topological polar surface area (TPSA) is 92.6 Å². The molecule has 0 amide bonds. The van der Waals surface area contributed by atoms with Crippen LogP contribution in [0, 0.1) is 5.41 Å². The maximum Gasteiger partial charge on any atom is 0.408 e. The molecule has 39 heavy (non-hydrogen) atoms. The van der Waals surface area contributed by atoms with Crippen LogP contribution in [0.1, 0.15) is 49.6 Å². The molecule has 5 rings (SSSR count). The molecule has 2 unspecified atom stereocenters. The van der Waals surface area contributed by atoms with E-state index in [-0.39, 0.29) is 31.5 Å². The Labute approximate surface area is 224 Å². The van der Waals surface area contributed by atoms with Crippen LogP contribution in [0.5, 0.6) is 11.5 Å². The van der Waals surface area contributed by atoms with Crippen molar-refractivity contribution in [2.75, 3.05) is 18.5 Å². The lowest BCUT2D eigenvalue weighted by atomic mass is 10.0. The van der Waals surface area contributed by atoms with E-state index in [4.69, 9.17) is 19.6 Å². The van der Waals surface area contributed by atoms with Crippen molar-refractivity contribution in [1.82, 2.24) is 14.9 Å². The van der Waals surface area contributed by atoms with Crippen molar-refractivity contribution in [3.63, 3.8) is 0 Å². The Kier molecular flexibility index (Phi) is 8.16. The van der Waals surface area contributed by atoms with Gasteiger partial charge in [-0.3, -0.25) is 5.41 Å². The van der Waals surface area contributed by atoms with E-state index >= 15 is 0 Å². The number of anilines is 2. The van der Waals surface area contributed by atoms with E-state index in [1.165, 1.54) is 0 Å². The highest BCUT2D eigenvalue weighted by atomic mass is 19.4. The van der Waals surface area contributed by atoms with E-state index in [1.54, 1.807) is 6.20 Å². The number of amidine groups is 1. The van der Waals surface area contributed by atoms with Crippen LogP contribution in [0.2, 0.25) is 0 Å². The van der Waals surface area contributed by atoms with E-state index in [0.29, 0.717) is 31.0 Å². The number of aromatic nitrogens is 2. The summed E-state index contributed by atoms with van der Waals surface area (Å²) >= 11 is 0. The van der Waals surface area contributed by atoms with Crippen LogP contribution in [0.15, 0.2) is 60.8 Å². The molecule has 0 bridgehead atoms. The van der Waals surface area contributed by atoms with E-state index in [0.717, 1.165) is 34.7 Å². The fourth-order valence-corrected chi connectivity index (χ4v) is 4.75. The Morgan fingerprint density at radius 2 is 1.79 bits per heavy atom. The van der Waals surface area contributed by atoms with Crippen molar-refractivity contribution < 1.29 is 27.4 Å². The second kappa shape index (κ2) is 11.9. The number of halogens is 3. The monoisotopic (exact) mass is 541 g/mol. The van der Waals surface area contributed by atoms with Crippen molar-refractivity contribution in [1.29, 1.82) is 5.41 Å². The predicted octanol–water partition coefficient (Wildman–Crippen LogP) is 6.73. The zero-order valence-corrected chi connectivity index (χ0v) is 21.3. The minimum absolute atomic E-state index is 0.0505. The molecule has 0 radical (unpaired) electrons. The SMILES string of the molecule is N=C(OCc1ncc(C2CCCO2)c(Nc2ccc(Oc3ccccc3)cc2)n1)N1CCCCC1C(F)(F)F. The van der Waals surface area contributed by atoms with E-state index in [1.807, 2.05) is 54.6 Å². The lowest BCUT2D eigenvalue weighted by Crippen LogP contribution is -2.51. The zero-order valence-electron chi connectivity index (χ0n) is 21.3. The van der Waals surface area contributed by atoms with Crippen LogP contribution < -0.4 is 10.1 Å². The summed E-state index contributed by atoms with van der Waals surface area (Å²) in [7, 11) is 0. The molecule has 3 aromatic rings. The summed E-state index contributed by atoms with van der Waals surface area (Å²) in [5.74, 6) is 2.17. The van der Waals surface area contributed by atoms with Crippen molar-refractivity contribution in [2.45, 2.75) is 57.0 Å². The number of ether oxygens (including phenoxy) is 3. The summed E-state index contributed by atoms with van der Waals surface area (Å²) in [6.45, 7) is 0.538. The molecular formula is C28H30F3N5O3. The molecule has 11 heteroatoms. The number of para-hydroxylation sites is 1. The van der Waals surface area contributed by atoms with Crippen LogP contribution in [-0.2, 0) is 16.1 Å². The van der Waals surface area contributed by atoms with Crippen molar-refractivity contribution in [3.05, 3.63) is 72.2 Å². The number of rotatable bonds is 7. The van der Waals surface area contributed by atoms with Gasteiger partial charge in [-0.2, -0.15) is 13.2 Å². The molecule has 2 N–H and O–H groups in total. The largest absolute Gasteiger partial charge is 0.457 e. The molecule has 206 valence electrons. The Balaban J connectivity index is 1.29. The molecular weight excluding hydrogens is 511 g/mol. The molecule has 2 aromatic carbocycles. The molecule has 0 aliphatic carbocycles. The average Bonchev–Trinajstić information content (AvgIpc) is 3.48. The van der Waals surface area contributed by atoms with Gasteiger partial charge in [0.1, 0.15) is 23.4 Å². The van der Waals surface area contributed by atoms with Gasteiger partial charge in [0, 0.05) is 30.6 Å². The van der Waals surface area contributed by atoms with E-state index in [9.17, 15) is 13.2 Å². The molecule has 2 saturated heterocycles. The highest BCUT2D eigenvalue weighted by Crippen LogP contribution is 2.35. The number of likely N-dealkylation sites (tertiary alicyclic amines) is 1. The molecule has 0 spiro atoms. The van der Waals surface area contributed by atoms with Gasteiger partial charge in [0.15, 0.2) is 12.4 Å². The second-order valence-corrected chi connectivity index (χ2v) is 9.50. The number of nitrogens with one attached hydrogen (secondary N) is 2. The summed E-state index contributed by atoms with van der Waals surface area (Å²) in [4.78, 5) is 9.92. The summed E-state index contributed by atoms with van der Waals surface area (Å²) in [6.07, 6.45) is -0.185. The third kappa shape index (κ3) is 6.78. The molecule has 8 nitrogen and oxygen atoms in total. The number of hydrogen-bond acceptors (Lipinski definition) is 7. The Hall–Kier alpha value is -3.86. The average molecular weight is 542 g/mol. The smallest absolute Gasteiger partial charge is 0.408 e. The quantitative estimate of drug-likeness (QED) is 0.253. The Bertz CT molecular complexity index is 1250. The normalized spacial score (nSPS) is 19.5. The fraction of sp³-hybridized carbons (Fsp3) is 0.393. The van der Waals surface area contributed by atoms with Gasteiger partial charge in [-0.05, 0) is 68.5 Å². The molecule has 2 atom stereocenters. The maximum atomic E-state index is 13.5. The first kappa shape index (κ1) is 26.7. The van der Waals surface area contributed by atoms with Crippen LogP contribution in [0.4, 0.5) is 24.7 Å². The van der Waals surface area contributed by atoms with Gasteiger partial charge in [0.25, 0.3) is 6.02 Å². The summed E-state index contributed by atoms with van der Waals surface area (Å²) < 4.78 is 57.5. The minimum atomic E-state index is -4.42. The Morgan fingerprint density at radius 3 is 2.51 bits per heavy atom. The zero-order chi connectivity index (χ0) is 27.2. The lowest BCUT2D eigenvalue weighted by molar-refractivity contribution is -0.182. The minimum Gasteiger partial charge on any atom is -0.457 e. The van der Waals surface area contributed by atoms with Crippen LogP contribution in [0.3, 0.4) is 0 Å². The van der Waals surface area contributed by atoms with E-state index < -0.39 is 18.2 Å². The van der Waals surface area contributed by atoms with Crippen LogP contribution in [-0.4, -0.2) is 46.3 Å². The summed E-state index contributed by atoms with van der Waals surface area (Å²) in [5, 5.41) is 11.5. The first-order valence-corrected chi connectivity index (χ1v) is 13.0. The van der Waals surface area contributed by atoms with E-state index in [2.05, 4.69) is 15.3 Å². The number of piperidine rings is 1. The van der Waals surface area contributed by atoms with Gasteiger partial charge in [-0.1, -0.05) is 18.2 Å². The third-order valence-corrected chi connectivity index (χ3v) is 6.72. The highest BCUT2D eigenvalue weighted by Gasteiger charge is 2.46. The van der Waals surface area contributed by atoms with Gasteiger partial charge in [0.05, 0.1) is 6.10 Å². The van der Waals surface area contributed by atoms with Crippen LogP contribution >= 0.6 is 0 Å². The molecule has 3 heterocycles. The Morgan fingerprint density at radius 1 is 1.03 bits per heavy atom. The fourth-order valence-electron chi connectivity index (χ4n) is 4.75. The van der Waals surface area contributed by atoms with Gasteiger partial charge in [0.2, 0.25) is 0 Å². The second-order valence-electron chi connectivity index (χ2n) is 9.50. The van der Waals surface area contributed by atoms with Gasteiger partial charge in [-0.25, -0.2) is 9.97 Å². The van der Waals surface area contributed by atoms with Gasteiger partial charge >= 0.3 is 6.18 Å². The maximum absolute atomic E-state index is 13.5. The van der Waals surface area contributed by atoms with Gasteiger partial charge in [-0.15, -0.1) is 0 Å². The standard InChI is InChI=1S/C28H30F3N5O3/c29-28(30,31)24-10-4-5-15-36(24)27(32)38-18-25-33-17-22(23-9-6-16-37-23)26(35-25)34-19-11-13-21(14-12-19)39-20-7-2-1-3-8-20/h1-3,7-8,11-14,17,23-24,32H,4-6,9-10,15-16,18H2,(H,33,34,35). The first-order valence-electron chi connectivity index (χ1n) is 13.0.